The Labute approximate surface area is 175 Å². The van der Waals surface area contributed by atoms with Crippen molar-refractivity contribution in [2.45, 2.75) is 58.4 Å². The Hall–Kier alpha value is -3.16. The Kier molecular flexibility index (Phi) is 5.32. The number of anilines is 3. The van der Waals surface area contributed by atoms with E-state index in [0.29, 0.717) is 11.6 Å². The summed E-state index contributed by atoms with van der Waals surface area (Å²) in [7, 11) is 0. The largest absolute Gasteiger partial charge is 0.340 e. The molecule has 0 spiro atoms. The number of aromatic nitrogens is 2. The second-order valence-electron chi connectivity index (χ2n) is 8.28. The number of fused-ring (bicyclic) bond motifs is 1. The number of rotatable bonds is 3. The summed E-state index contributed by atoms with van der Waals surface area (Å²) in [5.41, 5.74) is 2.64. The molecule has 2 unspecified atom stereocenters. The maximum atomic E-state index is 13.0. The Balaban J connectivity index is 1.65. The molecule has 1 aromatic heterocycles. The van der Waals surface area contributed by atoms with Crippen LogP contribution in [-0.2, 0) is 9.59 Å². The van der Waals surface area contributed by atoms with Crippen LogP contribution in [0.2, 0.25) is 0 Å². The summed E-state index contributed by atoms with van der Waals surface area (Å²) in [6.07, 6.45) is 3.10. The minimum atomic E-state index is -0.889. The van der Waals surface area contributed by atoms with E-state index in [1.807, 2.05) is 32.0 Å². The predicted molar refractivity (Wildman–Crippen MR) is 116 cm³/mol. The van der Waals surface area contributed by atoms with E-state index in [1.54, 1.807) is 0 Å². The molecule has 2 atom stereocenters. The Bertz CT molecular complexity index is 1060. The van der Waals surface area contributed by atoms with E-state index in [4.69, 9.17) is 0 Å². The van der Waals surface area contributed by atoms with Gasteiger partial charge in [0.2, 0.25) is 17.8 Å². The van der Waals surface area contributed by atoms with Gasteiger partial charge in [0, 0.05) is 24.7 Å². The number of piperidine rings is 1. The first-order chi connectivity index (χ1) is 14.3. The minimum absolute atomic E-state index is 0.0894. The molecule has 2 aliphatic rings. The van der Waals surface area contributed by atoms with Crippen molar-refractivity contribution in [2.24, 2.45) is 0 Å². The number of nitrogens with zero attached hydrogens (tertiary/aromatic N) is 2. The van der Waals surface area contributed by atoms with Crippen LogP contribution in [0, 0.1) is 13.8 Å². The Morgan fingerprint density at radius 2 is 2.00 bits per heavy atom. The first-order valence-electron chi connectivity index (χ1n) is 10.4. The fourth-order valence-corrected chi connectivity index (χ4v) is 4.18. The summed E-state index contributed by atoms with van der Waals surface area (Å²) < 4.78 is 0. The highest BCUT2D eigenvalue weighted by Crippen LogP contribution is 2.31. The van der Waals surface area contributed by atoms with Crippen LogP contribution in [0.3, 0.4) is 0 Å². The van der Waals surface area contributed by atoms with Gasteiger partial charge in [-0.3, -0.25) is 19.4 Å². The molecule has 3 heterocycles. The van der Waals surface area contributed by atoms with Crippen LogP contribution in [0.1, 0.15) is 55.2 Å². The van der Waals surface area contributed by atoms with Crippen LogP contribution in [0.5, 0.6) is 0 Å². The van der Waals surface area contributed by atoms with Gasteiger partial charge in [-0.15, -0.1) is 0 Å². The standard InChI is InChI=1S/C22H27N5O3/c1-12-7-8-15(10-13(12)2)23-20(29)16-11-17(28)24-19-18(16)21(30)26-22(25-19)27-9-5-4-6-14(27)3/h7-8,10,14,16H,4-6,9,11H2,1-3H3,(H,23,29)(H2,24,25,26,28,30). The van der Waals surface area contributed by atoms with Crippen LogP contribution >= 0.6 is 0 Å². The number of amides is 2. The highest BCUT2D eigenvalue weighted by molar-refractivity contribution is 6.04. The molecule has 8 heteroatoms. The highest BCUT2D eigenvalue weighted by atomic mass is 16.2. The molecule has 2 aliphatic heterocycles. The van der Waals surface area contributed by atoms with Crippen LogP contribution < -0.4 is 21.1 Å². The van der Waals surface area contributed by atoms with Crippen molar-refractivity contribution in [2.75, 3.05) is 22.1 Å². The van der Waals surface area contributed by atoms with Crippen LogP contribution in [0.15, 0.2) is 23.0 Å². The lowest BCUT2D eigenvalue weighted by atomic mass is 9.92. The summed E-state index contributed by atoms with van der Waals surface area (Å²) in [4.78, 5) is 47.6. The van der Waals surface area contributed by atoms with Crippen LogP contribution in [0.25, 0.3) is 0 Å². The van der Waals surface area contributed by atoms with Gasteiger partial charge in [-0.1, -0.05) is 6.07 Å². The van der Waals surface area contributed by atoms with Crippen molar-refractivity contribution >= 4 is 29.3 Å². The molecule has 0 saturated carbocycles. The Morgan fingerprint density at radius 3 is 2.73 bits per heavy atom. The van der Waals surface area contributed by atoms with Gasteiger partial charge in [0.15, 0.2) is 0 Å². The predicted octanol–water partition coefficient (Wildman–Crippen LogP) is 2.83. The Morgan fingerprint density at radius 1 is 1.20 bits per heavy atom. The molecule has 0 radical (unpaired) electrons. The molecule has 1 aromatic carbocycles. The SMILES string of the molecule is Cc1ccc(NC(=O)C2CC(=O)Nc3nc(N4CCCCC4C)[nH]c(=O)c32)cc1C. The minimum Gasteiger partial charge on any atom is -0.340 e. The molecule has 2 amide bonds. The van der Waals surface area contributed by atoms with E-state index in [2.05, 4.69) is 32.4 Å². The molecular weight excluding hydrogens is 382 g/mol. The third-order valence-corrected chi connectivity index (χ3v) is 6.10. The fourth-order valence-electron chi connectivity index (χ4n) is 4.18. The van der Waals surface area contributed by atoms with Crippen LogP contribution in [-0.4, -0.2) is 34.4 Å². The molecular formula is C22H27N5O3. The smallest absolute Gasteiger partial charge is 0.258 e. The zero-order chi connectivity index (χ0) is 21.4. The number of hydrogen-bond donors (Lipinski definition) is 3. The van der Waals surface area contributed by atoms with E-state index in [-0.39, 0.29) is 41.2 Å². The van der Waals surface area contributed by atoms with Gasteiger partial charge in [0.05, 0.1) is 11.5 Å². The summed E-state index contributed by atoms with van der Waals surface area (Å²) in [6, 6.07) is 5.86. The lowest BCUT2D eigenvalue weighted by molar-refractivity contribution is -0.123. The average molecular weight is 409 g/mol. The number of carbonyl (C=O) groups excluding carboxylic acids is 2. The second kappa shape index (κ2) is 7.93. The van der Waals surface area contributed by atoms with Gasteiger partial charge in [-0.05, 0) is 63.3 Å². The maximum Gasteiger partial charge on any atom is 0.258 e. The first-order valence-corrected chi connectivity index (χ1v) is 10.4. The summed E-state index contributed by atoms with van der Waals surface area (Å²) in [6.45, 7) is 6.85. The van der Waals surface area contributed by atoms with Gasteiger partial charge in [-0.25, -0.2) is 0 Å². The van der Waals surface area contributed by atoms with Gasteiger partial charge >= 0.3 is 0 Å². The maximum absolute atomic E-state index is 13.0. The van der Waals surface area contributed by atoms with Crippen molar-refractivity contribution in [3.8, 4) is 0 Å². The number of aromatic amines is 1. The number of aryl methyl sites for hydroxylation is 2. The van der Waals surface area contributed by atoms with E-state index in [0.717, 1.165) is 36.9 Å². The fraction of sp³-hybridized carbons (Fsp3) is 0.455. The number of H-pyrrole nitrogens is 1. The van der Waals surface area contributed by atoms with E-state index in [1.165, 1.54) is 0 Å². The summed E-state index contributed by atoms with van der Waals surface area (Å²) in [5.74, 6) is -0.969. The molecule has 1 saturated heterocycles. The van der Waals surface area contributed by atoms with Crippen molar-refractivity contribution in [1.29, 1.82) is 0 Å². The van der Waals surface area contributed by atoms with Crippen LogP contribution in [0.4, 0.5) is 17.5 Å². The zero-order valence-corrected chi connectivity index (χ0v) is 17.5. The van der Waals surface area contributed by atoms with Gasteiger partial charge in [0.1, 0.15) is 5.82 Å². The third kappa shape index (κ3) is 3.81. The van der Waals surface area contributed by atoms with Crippen molar-refractivity contribution in [3.05, 3.63) is 45.2 Å². The average Bonchev–Trinajstić information content (AvgIpc) is 2.70. The highest BCUT2D eigenvalue weighted by Gasteiger charge is 2.35. The number of benzene rings is 1. The lowest BCUT2D eigenvalue weighted by Crippen LogP contribution is -2.42. The van der Waals surface area contributed by atoms with Crippen molar-refractivity contribution in [1.82, 2.24) is 9.97 Å². The summed E-state index contributed by atoms with van der Waals surface area (Å²) >= 11 is 0. The van der Waals surface area contributed by atoms with Crippen molar-refractivity contribution in [3.63, 3.8) is 0 Å². The van der Waals surface area contributed by atoms with E-state index < -0.39 is 5.92 Å². The number of nitrogens with one attached hydrogen (secondary N) is 3. The molecule has 4 rings (SSSR count). The molecule has 0 bridgehead atoms. The van der Waals surface area contributed by atoms with E-state index in [9.17, 15) is 14.4 Å². The quantitative estimate of drug-likeness (QED) is 0.723. The third-order valence-electron chi connectivity index (χ3n) is 6.10. The van der Waals surface area contributed by atoms with Gasteiger partial charge in [0.25, 0.3) is 5.56 Å². The number of carbonyl (C=O) groups is 2. The zero-order valence-electron chi connectivity index (χ0n) is 17.5. The monoisotopic (exact) mass is 409 g/mol. The molecule has 1 fully saturated rings. The molecule has 30 heavy (non-hydrogen) atoms. The second-order valence-corrected chi connectivity index (χ2v) is 8.28. The lowest BCUT2D eigenvalue weighted by Gasteiger charge is -2.34. The molecule has 158 valence electrons. The first kappa shape index (κ1) is 20.1. The van der Waals surface area contributed by atoms with Gasteiger partial charge in [-0.2, -0.15) is 4.98 Å². The molecule has 8 nitrogen and oxygen atoms in total. The van der Waals surface area contributed by atoms with E-state index >= 15 is 0 Å². The van der Waals surface area contributed by atoms with Gasteiger partial charge < -0.3 is 15.5 Å². The topological polar surface area (TPSA) is 107 Å². The molecule has 2 aromatic rings. The molecule has 3 N–H and O–H groups in total. The van der Waals surface area contributed by atoms with Crippen molar-refractivity contribution < 1.29 is 9.59 Å². The number of hydrogen-bond acceptors (Lipinski definition) is 5. The molecule has 0 aliphatic carbocycles. The normalized spacial score (nSPS) is 21.0. The summed E-state index contributed by atoms with van der Waals surface area (Å²) in [5, 5.41) is 5.53.